The van der Waals surface area contributed by atoms with Crippen molar-refractivity contribution in [1.82, 2.24) is 20.1 Å². The maximum atomic E-state index is 4.39. The Morgan fingerprint density at radius 1 is 1.26 bits per heavy atom. The molecule has 4 nitrogen and oxygen atoms in total. The van der Waals surface area contributed by atoms with Gasteiger partial charge in [0.1, 0.15) is 12.2 Å². The number of nitrogens with zero attached hydrogens (tertiary/aromatic N) is 3. The van der Waals surface area contributed by atoms with Crippen molar-refractivity contribution in [2.75, 3.05) is 6.54 Å². The number of nitrogens with one attached hydrogen (secondary N) is 1. The van der Waals surface area contributed by atoms with Crippen LogP contribution in [-0.2, 0) is 13.0 Å². The second-order valence-electron chi connectivity index (χ2n) is 5.69. The van der Waals surface area contributed by atoms with E-state index >= 15 is 0 Å². The first kappa shape index (κ1) is 16.2. The van der Waals surface area contributed by atoms with E-state index < -0.39 is 0 Å². The molecule has 0 bridgehead atoms. The fourth-order valence-corrected chi connectivity index (χ4v) is 2.47. The molecule has 0 aliphatic rings. The summed E-state index contributed by atoms with van der Waals surface area (Å²) < 4.78 is 2.06. The quantitative estimate of drug-likeness (QED) is 0.708. The van der Waals surface area contributed by atoms with E-state index in [4.69, 9.17) is 0 Å². The highest BCUT2D eigenvalue weighted by atomic mass is 15.3. The minimum absolute atomic E-state index is 0.620. The number of rotatable bonds is 10. The SMILES string of the molecule is CCCC(CCCc1ncnn1CC(C)C)NCC. The highest BCUT2D eigenvalue weighted by Gasteiger charge is 2.09. The summed E-state index contributed by atoms with van der Waals surface area (Å²) in [4.78, 5) is 4.39. The Bertz CT molecular complexity index is 327. The fraction of sp³-hybridized carbons (Fsp3) is 0.867. The summed E-state index contributed by atoms with van der Waals surface area (Å²) in [6, 6.07) is 0.663. The van der Waals surface area contributed by atoms with Crippen LogP contribution < -0.4 is 5.32 Å². The fourth-order valence-electron chi connectivity index (χ4n) is 2.47. The summed E-state index contributed by atoms with van der Waals surface area (Å²) >= 11 is 0. The van der Waals surface area contributed by atoms with Gasteiger partial charge in [-0.15, -0.1) is 0 Å². The smallest absolute Gasteiger partial charge is 0.138 e. The van der Waals surface area contributed by atoms with Crippen molar-refractivity contribution < 1.29 is 0 Å². The van der Waals surface area contributed by atoms with Gasteiger partial charge in [-0.1, -0.05) is 34.1 Å². The second kappa shape index (κ2) is 9.08. The zero-order valence-corrected chi connectivity index (χ0v) is 13.0. The normalized spacial score (nSPS) is 13.1. The van der Waals surface area contributed by atoms with Crippen LogP contribution in [0.2, 0.25) is 0 Å². The third-order valence-corrected chi connectivity index (χ3v) is 3.32. The van der Waals surface area contributed by atoms with E-state index in [0.717, 1.165) is 25.3 Å². The summed E-state index contributed by atoms with van der Waals surface area (Å²) in [6.07, 6.45) is 7.67. The van der Waals surface area contributed by atoms with Crippen LogP contribution in [0.4, 0.5) is 0 Å². The Morgan fingerprint density at radius 2 is 2.05 bits per heavy atom. The number of aryl methyl sites for hydroxylation is 1. The Morgan fingerprint density at radius 3 is 2.68 bits per heavy atom. The summed E-state index contributed by atoms with van der Waals surface area (Å²) in [7, 11) is 0. The van der Waals surface area contributed by atoms with Crippen LogP contribution in [0.5, 0.6) is 0 Å². The van der Waals surface area contributed by atoms with Gasteiger partial charge in [0, 0.05) is 19.0 Å². The van der Waals surface area contributed by atoms with Crippen molar-refractivity contribution in [2.24, 2.45) is 5.92 Å². The molecule has 1 aromatic rings. The molecule has 1 unspecified atom stereocenters. The third kappa shape index (κ3) is 6.19. The molecule has 0 radical (unpaired) electrons. The van der Waals surface area contributed by atoms with Crippen molar-refractivity contribution in [2.45, 2.75) is 72.4 Å². The van der Waals surface area contributed by atoms with Gasteiger partial charge in [0.15, 0.2) is 0 Å². The molecule has 0 aromatic carbocycles. The molecule has 0 aliphatic heterocycles. The Labute approximate surface area is 118 Å². The van der Waals surface area contributed by atoms with Gasteiger partial charge in [0.2, 0.25) is 0 Å². The standard InChI is InChI=1S/C15H30N4/c1-5-8-14(16-6-2)9-7-10-15-17-12-18-19(15)11-13(3)4/h12-14,16H,5-11H2,1-4H3. The van der Waals surface area contributed by atoms with Crippen LogP contribution in [-0.4, -0.2) is 27.4 Å². The van der Waals surface area contributed by atoms with Gasteiger partial charge >= 0.3 is 0 Å². The minimum atomic E-state index is 0.620. The lowest BCUT2D eigenvalue weighted by atomic mass is 10.0. The molecule has 1 N–H and O–H groups in total. The van der Waals surface area contributed by atoms with Crippen molar-refractivity contribution in [3.63, 3.8) is 0 Å². The summed E-state index contributed by atoms with van der Waals surface area (Å²) in [5.74, 6) is 1.76. The van der Waals surface area contributed by atoms with Crippen LogP contribution in [0.25, 0.3) is 0 Å². The molecular weight excluding hydrogens is 236 g/mol. The highest BCUT2D eigenvalue weighted by molar-refractivity contribution is 4.85. The van der Waals surface area contributed by atoms with Crippen molar-refractivity contribution in [3.05, 3.63) is 12.2 Å². The summed E-state index contributed by atoms with van der Waals surface area (Å²) in [6.45, 7) is 10.9. The predicted octanol–water partition coefficient (Wildman–Crippen LogP) is 3.04. The Kier molecular flexibility index (Phi) is 7.72. The lowest BCUT2D eigenvalue weighted by Crippen LogP contribution is -2.28. The van der Waals surface area contributed by atoms with Gasteiger partial charge < -0.3 is 5.32 Å². The van der Waals surface area contributed by atoms with E-state index in [9.17, 15) is 0 Å². The summed E-state index contributed by atoms with van der Waals surface area (Å²) in [5.41, 5.74) is 0. The van der Waals surface area contributed by atoms with Gasteiger partial charge in [0.05, 0.1) is 0 Å². The molecule has 1 heterocycles. The zero-order valence-electron chi connectivity index (χ0n) is 13.0. The Balaban J connectivity index is 2.37. The molecule has 110 valence electrons. The van der Waals surface area contributed by atoms with Crippen LogP contribution >= 0.6 is 0 Å². The maximum absolute atomic E-state index is 4.39. The van der Waals surface area contributed by atoms with Crippen LogP contribution in [0.15, 0.2) is 6.33 Å². The van der Waals surface area contributed by atoms with Crippen molar-refractivity contribution in [1.29, 1.82) is 0 Å². The topological polar surface area (TPSA) is 42.7 Å². The molecule has 1 rings (SSSR count). The van der Waals surface area contributed by atoms with E-state index in [0.29, 0.717) is 12.0 Å². The van der Waals surface area contributed by atoms with E-state index in [-0.39, 0.29) is 0 Å². The average molecular weight is 266 g/mol. The first-order chi connectivity index (χ1) is 9.17. The van der Waals surface area contributed by atoms with Crippen molar-refractivity contribution >= 4 is 0 Å². The number of hydrogen-bond acceptors (Lipinski definition) is 3. The first-order valence-electron chi connectivity index (χ1n) is 7.77. The van der Waals surface area contributed by atoms with E-state index in [2.05, 4.69) is 47.8 Å². The van der Waals surface area contributed by atoms with Gasteiger partial charge in [-0.25, -0.2) is 9.67 Å². The lowest BCUT2D eigenvalue weighted by molar-refractivity contribution is 0.432. The largest absolute Gasteiger partial charge is 0.314 e. The predicted molar refractivity (Wildman–Crippen MR) is 80.2 cm³/mol. The molecule has 1 atom stereocenters. The molecule has 0 aliphatic carbocycles. The molecule has 0 fully saturated rings. The van der Waals surface area contributed by atoms with E-state index in [1.807, 2.05) is 0 Å². The average Bonchev–Trinajstić information content (AvgIpc) is 2.76. The molecule has 1 aromatic heterocycles. The summed E-state index contributed by atoms with van der Waals surface area (Å²) in [5, 5.41) is 7.88. The van der Waals surface area contributed by atoms with Gasteiger partial charge in [-0.2, -0.15) is 5.10 Å². The van der Waals surface area contributed by atoms with Crippen LogP contribution in [0, 0.1) is 5.92 Å². The van der Waals surface area contributed by atoms with Gasteiger partial charge in [0.25, 0.3) is 0 Å². The van der Waals surface area contributed by atoms with Crippen LogP contribution in [0.3, 0.4) is 0 Å². The number of hydrogen-bond donors (Lipinski definition) is 1. The minimum Gasteiger partial charge on any atom is -0.314 e. The monoisotopic (exact) mass is 266 g/mol. The lowest BCUT2D eigenvalue weighted by Gasteiger charge is -2.16. The second-order valence-corrected chi connectivity index (χ2v) is 5.69. The van der Waals surface area contributed by atoms with E-state index in [1.165, 1.54) is 25.7 Å². The number of aromatic nitrogens is 3. The van der Waals surface area contributed by atoms with Crippen LogP contribution in [0.1, 0.15) is 59.2 Å². The molecule has 0 spiro atoms. The van der Waals surface area contributed by atoms with E-state index in [1.54, 1.807) is 6.33 Å². The maximum Gasteiger partial charge on any atom is 0.138 e. The zero-order chi connectivity index (χ0) is 14.1. The van der Waals surface area contributed by atoms with Gasteiger partial charge in [-0.3, -0.25) is 0 Å². The Hall–Kier alpha value is -0.900. The third-order valence-electron chi connectivity index (χ3n) is 3.32. The first-order valence-corrected chi connectivity index (χ1v) is 7.77. The molecule has 0 amide bonds. The molecule has 0 saturated carbocycles. The van der Waals surface area contributed by atoms with Gasteiger partial charge in [-0.05, 0) is 31.7 Å². The molecule has 0 saturated heterocycles. The highest BCUT2D eigenvalue weighted by Crippen LogP contribution is 2.09. The molecular formula is C15H30N4. The molecule has 4 heteroatoms. The molecule has 19 heavy (non-hydrogen) atoms. The van der Waals surface area contributed by atoms with Crippen molar-refractivity contribution in [3.8, 4) is 0 Å².